The molecule has 0 atom stereocenters. The Morgan fingerprint density at radius 2 is 1.60 bits per heavy atom. The predicted molar refractivity (Wildman–Crippen MR) is 87.0 cm³/mol. The largest absolute Gasteiger partial charge is 0.0654 e. The molecule has 0 heterocycles. The molecular weight excluding hydrogens is 240 g/mol. The fourth-order valence-corrected chi connectivity index (χ4v) is 3.24. The van der Waals surface area contributed by atoms with Gasteiger partial charge in [-0.25, -0.2) is 0 Å². The van der Waals surface area contributed by atoms with Crippen molar-refractivity contribution in [2.24, 2.45) is 0 Å². The first-order valence-electron chi connectivity index (χ1n) is 7.49. The molecule has 0 aliphatic heterocycles. The lowest BCUT2D eigenvalue weighted by molar-refractivity contribution is 0.951. The Bertz CT molecular complexity index is 660. The predicted octanol–water partition coefficient (Wildman–Crippen LogP) is 5.13. The molecule has 0 saturated heterocycles. The minimum Gasteiger partial charge on any atom is -0.0654 e. The van der Waals surface area contributed by atoms with Crippen LogP contribution in [0.2, 0.25) is 0 Å². The van der Waals surface area contributed by atoms with Gasteiger partial charge in [0.15, 0.2) is 0 Å². The van der Waals surface area contributed by atoms with Crippen molar-refractivity contribution in [1.29, 1.82) is 0 Å². The number of fused-ring (bicyclic) bond motifs is 1. The van der Waals surface area contributed by atoms with Crippen molar-refractivity contribution in [2.75, 3.05) is 0 Å². The zero-order valence-corrected chi connectivity index (χ0v) is 12.7. The Balaban J connectivity index is 1.90. The average Bonchev–Trinajstić information content (AvgIpc) is 2.77. The Morgan fingerprint density at radius 3 is 2.35 bits per heavy atom. The van der Waals surface area contributed by atoms with Gasteiger partial charge < -0.3 is 0 Å². The Labute approximate surface area is 122 Å². The van der Waals surface area contributed by atoms with Crippen LogP contribution in [-0.2, 0) is 19.3 Å². The maximum atomic E-state index is 2.33. The van der Waals surface area contributed by atoms with Crippen molar-refractivity contribution in [1.82, 2.24) is 0 Å². The SMILES string of the molecule is CC1=C(C)c2c(CCc3ccccc3)ccc(C)c2C1. The minimum atomic E-state index is 1.13. The van der Waals surface area contributed by atoms with Crippen LogP contribution < -0.4 is 0 Å². The summed E-state index contributed by atoms with van der Waals surface area (Å²) < 4.78 is 0. The second-order valence-corrected chi connectivity index (χ2v) is 5.96. The Morgan fingerprint density at radius 1 is 0.850 bits per heavy atom. The molecule has 0 saturated carbocycles. The first-order valence-corrected chi connectivity index (χ1v) is 7.49. The van der Waals surface area contributed by atoms with E-state index in [1.807, 2.05) is 0 Å². The molecule has 2 aromatic carbocycles. The van der Waals surface area contributed by atoms with E-state index in [-0.39, 0.29) is 0 Å². The highest BCUT2D eigenvalue weighted by Crippen LogP contribution is 2.37. The molecule has 0 radical (unpaired) electrons. The molecule has 0 nitrogen and oxygen atoms in total. The van der Waals surface area contributed by atoms with Gasteiger partial charge in [-0.1, -0.05) is 48.0 Å². The number of aryl methyl sites for hydroxylation is 3. The zero-order valence-electron chi connectivity index (χ0n) is 12.7. The summed E-state index contributed by atoms with van der Waals surface area (Å²) in [5.41, 5.74) is 10.5. The van der Waals surface area contributed by atoms with Crippen molar-refractivity contribution in [3.8, 4) is 0 Å². The van der Waals surface area contributed by atoms with Gasteiger partial charge >= 0.3 is 0 Å². The number of benzene rings is 2. The number of hydrogen-bond donors (Lipinski definition) is 0. The number of hydrogen-bond acceptors (Lipinski definition) is 0. The molecule has 1 aliphatic carbocycles. The third-order valence-electron chi connectivity index (χ3n) is 4.62. The fraction of sp³-hybridized carbons (Fsp3) is 0.300. The highest BCUT2D eigenvalue weighted by molar-refractivity contribution is 5.78. The van der Waals surface area contributed by atoms with Gasteiger partial charge in [0.2, 0.25) is 0 Å². The standard InChI is InChI=1S/C20H22/c1-14-9-11-18(12-10-17-7-5-4-6-8-17)20-16(3)15(2)13-19(14)20/h4-9,11H,10,12-13H2,1-3H3. The van der Waals surface area contributed by atoms with Crippen LogP contribution in [-0.4, -0.2) is 0 Å². The molecule has 0 heteroatoms. The van der Waals surface area contributed by atoms with Gasteiger partial charge in [-0.05, 0) is 73.4 Å². The molecule has 20 heavy (non-hydrogen) atoms. The zero-order chi connectivity index (χ0) is 14.1. The summed E-state index contributed by atoms with van der Waals surface area (Å²) >= 11 is 0. The topological polar surface area (TPSA) is 0 Å². The summed E-state index contributed by atoms with van der Waals surface area (Å²) in [6.07, 6.45) is 3.41. The van der Waals surface area contributed by atoms with Gasteiger partial charge in [0.05, 0.1) is 0 Å². The lowest BCUT2D eigenvalue weighted by Crippen LogP contribution is -1.99. The van der Waals surface area contributed by atoms with Gasteiger partial charge in [-0.3, -0.25) is 0 Å². The van der Waals surface area contributed by atoms with E-state index in [1.165, 1.54) is 27.8 Å². The van der Waals surface area contributed by atoms with E-state index < -0.39 is 0 Å². The third kappa shape index (κ3) is 2.31. The highest BCUT2D eigenvalue weighted by Gasteiger charge is 2.20. The first-order chi connectivity index (χ1) is 9.66. The number of allylic oxidation sites excluding steroid dienone is 2. The van der Waals surface area contributed by atoms with Crippen LogP contribution in [0.15, 0.2) is 48.0 Å². The summed E-state index contributed by atoms with van der Waals surface area (Å²) in [6, 6.07) is 15.4. The molecule has 1 aliphatic rings. The minimum absolute atomic E-state index is 1.13. The molecule has 0 aromatic heterocycles. The first kappa shape index (κ1) is 13.2. The Kier molecular flexibility index (Phi) is 3.48. The van der Waals surface area contributed by atoms with Crippen molar-refractivity contribution < 1.29 is 0 Å². The van der Waals surface area contributed by atoms with Crippen molar-refractivity contribution in [3.63, 3.8) is 0 Å². The second kappa shape index (κ2) is 5.28. The van der Waals surface area contributed by atoms with Crippen LogP contribution in [0, 0.1) is 6.92 Å². The Hall–Kier alpha value is -1.82. The van der Waals surface area contributed by atoms with Crippen LogP contribution in [0.25, 0.3) is 5.57 Å². The lowest BCUT2D eigenvalue weighted by atomic mass is 9.92. The molecular formula is C20H22. The summed E-state index contributed by atoms with van der Waals surface area (Å²) in [6.45, 7) is 6.80. The van der Waals surface area contributed by atoms with Gasteiger partial charge in [-0.15, -0.1) is 0 Å². The monoisotopic (exact) mass is 262 g/mol. The number of rotatable bonds is 3. The summed E-state index contributed by atoms with van der Waals surface area (Å²) in [5.74, 6) is 0. The van der Waals surface area contributed by atoms with Crippen molar-refractivity contribution in [2.45, 2.75) is 40.0 Å². The van der Waals surface area contributed by atoms with E-state index in [0.29, 0.717) is 0 Å². The smallest absolute Gasteiger partial charge is 0.00552 e. The van der Waals surface area contributed by atoms with Crippen LogP contribution in [0.5, 0.6) is 0 Å². The summed E-state index contributed by atoms with van der Waals surface area (Å²) in [7, 11) is 0. The molecule has 0 bridgehead atoms. The van der Waals surface area contributed by atoms with E-state index in [0.717, 1.165) is 19.3 Å². The molecule has 0 spiro atoms. The van der Waals surface area contributed by atoms with Gasteiger partial charge in [0.1, 0.15) is 0 Å². The molecule has 3 rings (SSSR count). The maximum absolute atomic E-state index is 2.33. The third-order valence-corrected chi connectivity index (χ3v) is 4.62. The van der Waals surface area contributed by atoms with Crippen molar-refractivity contribution in [3.05, 3.63) is 75.9 Å². The maximum Gasteiger partial charge on any atom is -0.00552 e. The average molecular weight is 262 g/mol. The molecule has 0 fully saturated rings. The summed E-state index contributed by atoms with van der Waals surface area (Å²) in [4.78, 5) is 0. The molecule has 2 aromatic rings. The van der Waals surface area contributed by atoms with Gasteiger partial charge in [0, 0.05) is 0 Å². The van der Waals surface area contributed by atoms with E-state index in [4.69, 9.17) is 0 Å². The molecule has 0 amide bonds. The van der Waals surface area contributed by atoms with Crippen LogP contribution in [0.4, 0.5) is 0 Å². The van der Waals surface area contributed by atoms with Gasteiger partial charge in [-0.2, -0.15) is 0 Å². The van der Waals surface area contributed by atoms with Crippen LogP contribution in [0.3, 0.4) is 0 Å². The highest BCUT2D eigenvalue weighted by atomic mass is 14.2. The van der Waals surface area contributed by atoms with Crippen LogP contribution >= 0.6 is 0 Å². The fourth-order valence-electron chi connectivity index (χ4n) is 3.24. The molecule has 0 unspecified atom stereocenters. The van der Waals surface area contributed by atoms with E-state index in [9.17, 15) is 0 Å². The van der Waals surface area contributed by atoms with Crippen molar-refractivity contribution >= 4 is 5.57 Å². The van der Waals surface area contributed by atoms with Crippen LogP contribution in [0.1, 0.15) is 41.7 Å². The van der Waals surface area contributed by atoms with E-state index in [2.05, 4.69) is 63.2 Å². The molecule has 102 valence electrons. The quantitative estimate of drug-likeness (QED) is 0.719. The lowest BCUT2D eigenvalue weighted by Gasteiger charge is -2.12. The van der Waals surface area contributed by atoms with E-state index in [1.54, 1.807) is 11.1 Å². The molecule has 0 N–H and O–H groups in total. The van der Waals surface area contributed by atoms with E-state index >= 15 is 0 Å². The van der Waals surface area contributed by atoms with Gasteiger partial charge in [0.25, 0.3) is 0 Å². The normalized spacial score (nSPS) is 13.8. The second-order valence-electron chi connectivity index (χ2n) is 5.96. The summed E-state index contributed by atoms with van der Waals surface area (Å²) in [5, 5.41) is 0.